The summed E-state index contributed by atoms with van der Waals surface area (Å²) in [5, 5.41) is 2.22. The van der Waals surface area contributed by atoms with Crippen molar-refractivity contribution in [1.82, 2.24) is 0 Å². The normalized spacial score (nSPS) is 12.8. The van der Waals surface area contributed by atoms with Crippen molar-refractivity contribution < 1.29 is 23.8 Å². The lowest BCUT2D eigenvalue weighted by molar-refractivity contribution is -0.162. The summed E-state index contributed by atoms with van der Waals surface area (Å²) in [5.74, 6) is -0.440. The van der Waals surface area contributed by atoms with E-state index in [0.717, 1.165) is 67.7 Å². The molecule has 0 amide bonds. The van der Waals surface area contributed by atoms with Gasteiger partial charge in [-0.05, 0) is 54.5 Å². The van der Waals surface area contributed by atoms with Crippen molar-refractivity contribution in [2.75, 3.05) is 14.2 Å². The molecule has 206 valence electrons. The molecule has 0 radical (unpaired) electrons. The Kier molecular flexibility index (Phi) is 15.6. The molecule has 0 aliphatic carbocycles. The largest absolute Gasteiger partial charge is 0.469 e. The highest BCUT2D eigenvalue weighted by atomic mass is 16.6. The molecular weight excluding hydrogens is 464 g/mol. The van der Waals surface area contributed by atoms with Gasteiger partial charge in [0.05, 0.1) is 7.11 Å². The molecule has 0 aliphatic heterocycles. The molecule has 2 rings (SSSR count). The Bertz CT molecular complexity index is 909. The first-order chi connectivity index (χ1) is 18.1. The van der Waals surface area contributed by atoms with E-state index in [9.17, 15) is 9.59 Å². The second-order valence-corrected chi connectivity index (χ2v) is 10.1. The van der Waals surface area contributed by atoms with E-state index in [2.05, 4.69) is 13.0 Å². The van der Waals surface area contributed by atoms with Crippen LogP contribution >= 0.6 is 0 Å². The lowest BCUT2D eigenvalue weighted by Crippen LogP contribution is -2.24. The van der Waals surface area contributed by atoms with Crippen molar-refractivity contribution in [3.63, 3.8) is 0 Å². The lowest BCUT2D eigenvalue weighted by atomic mass is 10.0. The van der Waals surface area contributed by atoms with E-state index in [-0.39, 0.29) is 18.0 Å². The van der Waals surface area contributed by atoms with E-state index in [1.807, 2.05) is 36.4 Å². The van der Waals surface area contributed by atoms with Crippen molar-refractivity contribution in [2.24, 2.45) is 0 Å². The number of rotatable bonds is 20. The minimum atomic E-state index is -0.723. The topological polar surface area (TPSA) is 61.8 Å². The predicted octanol–water partition coefficient (Wildman–Crippen LogP) is 8.48. The van der Waals surface area contributed by atoms with Crippen LogP contribution in [0.4, 0.5) is 0 Å². The fourth-order valence-corrected chi connectivity index (χ4v) is 4.83. The third-order valence-corrected chi connectivity index (χ3v) is 7.07. The van der Waals surface area contributed by atoms with Crippen LogP contribution in [0.25, 0.3) is 10.8 Å². The van der Waals surface area contributed by atoms with E-state index in [0.29, 0.717) is 6.42 Å². The first kappa shape index (κ1) is 30.8. The second-order valence-electron chi connectivity index (χ2n) is 10.1. The molecular formula is C32H48O5. The van der Waals surface area contributed by atoms with Gasteiger partial charge < -0.3 is 14.2 Å². The zero-order valence-electron chi connectivity index (χ0n) is 23.3. The van der Waals surface area contributed by atoms with Gasteiger partial charge in [0.25, 0.3) is 0 Å². The van der Waals surface area contributed by atoms with Crippen molar-refractivity contribution >= 4 is 22.7 Å². The van der Waals surface area contributed by atoms with Gasteiger partial charge in [-0.3, -0.25) is 4.79 Å². The third kappa shape index (κ3) is 12.1. The summed E-state index contributed by atoms with van der Waals surface area (Å²) in [6, 6.07) is 14.1. The van der Waals surface area contributed by atoms with Gasteiger partial charge in [-0.25, -0.2) is 4.79 Å². The molecule has 0 heterocycles. The molecule has 0 aromatic heterocycles. The SMILES string of the molecule is CCCCCCCCCC(CCCCCCCC(=O)OC)OC(=O)C(OC)c1ccc2ccccc2c1. The number of carbonyl (C=O) groups excluding carboxylic acids is 2. The van der Waals surface area contributed by atoms with Crippen LogP contribution < -0.4 is 0 Å². The number of ether oxygens (including phenoxy) is 3. The summed E-state index contributed by atoms with van der Waals surface area (Å²) in [6.45, 7) is 2.24. The molecule has 0 aliphatic rings. The Morgan fingerprint density at radius 1 is 0.730 bits per heavy atom. The molecule has 0 saturated carbocycles. The maximum atomic E-state index is 13.2. The zero-order valence-corrected chi connectivity index (χ0v) is 23.3. The van der Waals surface area contributed by atoms with E-state index < -0.39 is 6.10 Å². The fourth-order valence-electron chi connectivity index (χ4n) is 4.83. The summed E-state index contributed by atoms with van der Waals surface area (Å²) in [4.78, 5) is 24.5. The van der Waals surface area contributed by atoms with Crippen molar-refractivity contribution in [3.05, 3.63) is 48.0 Å². The average Bonchev–Trinajstić information content (AvgIpc) is 2.91. The standard InChI is InChI=1S/C32H48O5/c1-4-5-6-7-8-10-13-20-29(21-14-11-9-12-15-22-30(33)35-2)37-32(34)31(36-3)28-24-23-26-18-16-17-19-27(26)25-28/h16-19,23-25,29,31H,4-15,20-22H2,1-3H3. The number of hydrogen-bond donors (Lipinski definition) is 0. The Balaban J connectivity index is 1.88. The lowest BCUT2D eigenvalue weighted by Gasteiger charge is -2.22. The van der Waals surface area contributed by atoms with Crippen LogP contribution in [0.5, 0.6) is 0 Å². The summed E-state index contributed by atoms with van der Waals surface area (Å²) < 4.78 is 16.4. The maximum Gasteiger partial charge on any atom is 0.340 e. The summed E-state index contributed by atoms with van der Waals surface area (Å²) in [5.41, 5.74) is 0.825. The number of esters is 2. The van der Waals surface area contributed by atoms with Crippen LogP contribution in [0.2, 0.25) is 0 Å². The Morgan fingerprint density at radius 3 is 1.95 bits per heavy atom. The van der Waals surface area contributed by atoms with Crippen LogP contribution in [0.3, 0.4) is 0 Å². The van der Waals surface area contributed by atoms with E-state index in [1.54, 1.807) is 7.11 Å². The first-order valence-electron chi connectivity index (χ1n) is 14.4. The molecule has 2 aromatic rings. The van der Waals surface area contributed by atoms with Crippen LogP contribution in [0.1, 0.15) is 115 Å². The Morgan fingerprint density at radius 2 is 1.32 bits per heavy atom. The van der Waals surface area contributed by atoms with Gasteiger partial charge in [-0.2, -0.15) is 0 Å². The molecule has 0 N–H and O–H groups in total. The number of benzene rings is 2. The molecule has 0 spiro atoms. The van der Waals surface area contributed by atoms with Crippen molar-refractivity contribution in [2.45, 2.75) is 115 Å². The first-order valence-corrected chi connectivity index (χ1v) is 14.4. The Hall–Kier alpha value is -2.40. The predicted molar refractivity (Wildman–Crippen MR) is 151 cm³/mol. The molecule has 37 heavy (non-hydrogen) atoms. The molecule has 0 saturated heterocycles. The Labute approximate surface area is 224 Å². The molecule has 5 nitrogen and oxygen atoms in total. The molecule has 2 atom stereocenters. The highest BCUT2D eigenvalue weighted by Crippen LogP contribution is 2.26. The van der Waals surface area contributed by atoms with E-state index in [1.165, 1.54) is 45.6 Å². The fraction of sp³-hybridized carbons (Fsp3) is 0.625. The molecule has 2 aromatic carbocycles. The van der Waals surface area contributed by atoms with Gasteiger partial charge in [-0.15, -0.1) is 0 Å². The second kappa shape index (κ2) is 18.8. The van der Waals surface area contributed by atoms with Gasteiger partial charge in [0, 0.05) is 13.5 Å². The van der Waals surface area contributed by atoms with Gasteiger partial charge in [0.1, 0.15) is 6.10 Å². The van der Waals surface area contributed by atoms with Crippen LogP contribution in [0.15, 0.2) is 42.5 Å². The number of fused-ring (bicyclic) bond motifs is 1. The maximum absolute atomic E-state index is 13.2. The highest BCUT2D eigenvalue weighted by molar-refractivity contribution is 5.85. The van der Waals surface area contributed by atoms with Gasteiger partial charge in [-0.1, -0.05) is 101 Å². The van der Waals surface area contributed by atoms with Gasteiger partial charge in [0.2, 0.25) is 0 Å². The number of unbranched alkanes of at least 4 members (excludes halogenated alkanes) is 10. The van der Waals surface area contributed by atoms with Gasteiger partial charge >= 0.3 is 11.9 Å². The minimum absolute atomic E-state index is 0.0867. The summed E-state index contributed by atoms with van der Waals surface area (Å²) in [6.07, 6.45) is 15.2. The monoisotopic (exact) mass is 512 g/mol. The smallest absolute Gasteiger partial charge is 0.340 e. The third-order valence-electron chi connectivity index (χ3n) is 7.07. The van der Waals surface area contributed by atoms with E-state index in [4.69, 9.17) is 14.2 Å². The number of carbonyl (C=O) groups is 2. The van der Waals surface area contributed by atoms with Crippen molar-refractivity contribution in [3.8, 4) is 0 Å². The quantitative estimate of drug-likeness (QED) is 0.131. The van der Waals surface area contributed by atoms with Gasteiger partial charge in [0.15, 0.2) is 6.10 Å². The minimum Gasteiger partial charge on any atom is -0.469 e. The molecule has 2 unspecified atom stereocenters. The summed E-state index contributed by atoms with van der Waals surface area (Å²) in [7, 11) is 3.00. The van der Waals surface area contributed by atoms with E-state index >= 15 is 0 Å². The molecule has 0 bridgehead atoms. The number of hydrogen-bond acceptors (Lipinski definition) is 5. The number of methoxy groups -OCH3 is 2. The highest BCUT2D eigenvalue weighted by Gasteiger charge is 2.25. The molecule has 0 fully saturated rings. The zero-order chi connectivity index (χ0) is 26.7. The molecule has 5 heteroatoms. The average molecular weight is 513 g/mol. The summed E-state index contributed by atoms with van der Waals surface area (Å²) >= 11 is 0. The van der Waals surface area contributed by atoms with Crippen LogP contribution in [-0.4, -0.2) is 32.3 Å². The van der Waals surface area contributed by atoms with Crippen molar-refractivity contribution in [1.29, 1.82) is 0 Å². The van der Waals surface area contributed by atoms with Crippen LogP contribution in [0, 0.1) is 0 Å². The van der Waals surface area contributed by atoms with Crippen LogP contribution in [-0.2, 0) is 23.8 Å².